The molecule has 1 aromatic heterocycles. The fraction of sp³-hybridized carbons (Fsp3) is 0.375. The first kappa shape index (κ1) is 13.8. The number of rotatable bonds is 7. The molecule has 1 N–H and O–H groups in total. The molecule has 1 aliphatic rings. The standard InChI is InChI=1S/C16H19N3O2/c20-16(21)12-18(9-13-6-7-13)10-14-8-17-19(11-14)15-4-2-1-3-5-15/h1-5,8,11,13H,6-7,9-10,12H2,(H,20,21). The van der Waals surface area contributed by atoms with Crippen molar-refractivity contribution >= 4 is 5.97 Å². The average molecular weight is 285 g/mol. The lowest BCUT2D eigenvalue weighted by Gasteiger charge is -2.18. The molecule has 5 nitrogen and oxygen atoms in total. The van der Waals surface area contributed by atoms with Gasteiger partial charge >= 0.3 is 5.97 Å². The molecule has 110 valence electrons. The molecule has 0 amide bonds. The Hall–Kier alpha value is -2.14. The summed E-state index contributed by atoms with van der Waals surface area (Å²) in [7, 11) is 0. The summed E-state index contributed by atoms with van der Waals surface area (Å²) >= 11 is 0. The zero-order valence-corrected chi connectivity index (χ0v) is 11.9. The Morgan fingerprint density at radius 2 is 2.10 bits per heavy atom. The molecule has 1 aromatic carbocycles. The van der Waals surface area contributed by atoms with E-state index < -0.39 is 5.97 Å². The van der Waals surface area contributed by atoms with E-state index in [1.54, 1.807) is 0 Å². The lowest BCUT2D eigenvalue weighted by Crippen LogP contribution is -2.31. The van der Waals surface area contributed by atoms with Crippen molar-refractivity contribution in [1.82, 2.24) is 14.7 Å². The summed E-state index contributed by atoms with van der Waals surface area (Å²) in [4.78, 5) is 13.0. The number of aromatic nitrogens is 2. The fourth-order valence-corrected chi connectivity index (χ4v) is 2.46. The van der Waals surface area contributed by atoms with Crippen LogP contribution in [0.3, 0.4) is 0 Å². The van der Waals surface area contributed by atoms with Crippen LogP contribution in [-0.2, 0) is 11.3 Å². The van der Waals surface area contributed by atoms with E-state index in [0.717, 1.165) is 17.8 Å². The largest absolute Gasteiger partial charge is 0.480 e. The third kappa shape index (κ3) is 3.92. The van der Waals surface area contributed by atoms with Gasteiger partial charge in [-0.05, 0) is 30.9 Å². The SMILES string of the molecule is O=C(O)CN(Cc1cnn(-c2ccccc2)c1)CC1CC1. The maximum absolute atomic E-state index is 11.0. The van der Waals surface area contributed by atoms with Gasteiger partial charge in [-0.1, -0.05) is 18.2 Å². The third-order valence-corrected chi connectivity index (χ3v) is 3.64. The van der Waals surface area contributed by atoms with Gasteiger partial charge in [0.25, 0.3) is 0 Å². The van der Waals surface area contributed by atoms with Gasteiger partial charge in [0.05, 0.1) is 18.4 Å². The molecule has 5 heteroatoms. The molecule has 0 saturated heterocycles. The van der Waals surface area contributed by atoms with Crippen LogP contribution in [0.4, 0.5) is 0 Å². The van der Waals surface area contributed by atoms with Crippen molar-refractivity contribution in [2.24, 2.45) is 5.92 Å². The highest BCUT2D eigenvalue weighted by atomic mass is 16.4. The van der Waals surface area contributed by atoms with Gasteiger partial charge in [0.1, 0.15) is 0 Å². The summed E-state index contributed by atoms with van der Waals surface area (Å²) in [6.07, 6.45) is 6.23. The summed E-state index contributed by atoms with van der Waals surface area (Å²) in [5.41, 5.74) is 2.05. The van der Waals surface area contributed by atoms with Gasteiger partial charge in [-0.25, -0.2) is 4.68 Å². The highest BCUT2D eigenvalue weighted by Crippen LogP contribution is 2.30. The van der Waals surface area contributed by atoms with Crippen LogP contribution in [0.25, 0.3) is 5.69 Å². The first-order chi connectivity index (χ1) is 10.2. The molecule has 1 heterocycles. The van der Waals surface area contributed by atoms with Crippen molar-refractivity contribution in [1.29, 1.82) is 0 Å². The summed E-state index contributed by atoms with van der Waals surface area (Å²) in [5, 5.41) is 13.4. The maximum Gasteiger partial charge on any atom is 0.317 e. The second-order valence-electron chi connectivity index (χ2n) is 5.64. The lowest BCUT2D eigenvalue weighted by molar-refractivity contribution is -0.138. The average Bonchev–Trinajstić information content (AvgIpc) is 3.15. The predicted octanol–water partition coefficient (Wildman–Crippen LogP) is 2.17. The minimum absolute atomic E-state index is 0.0903. The van der Waals surface area contributed by atoms with E-state index in [2.05, 4.69) is 5.10 Å². The highest BCUT2D eigenvalue weighted by molar-refractivity contribution is 5.69. The Morgan fingerprint density at radius 3 is 2.76 bits per heavy atom. The minimum Gasteiger partial charge on any atom is -0.480 e. The van der Waals surface area contributed by atoms with Gasteiger partial charge in [0.15, 0.2) is 0 Å². The number of carboxylic acid groups (broad SMARTS) is 1. The molecule has 0 bridgehead atoms. The van der Waals surface area contributed by atoms with E-state index in [1.165, 1.54) is 12.8 Å². The van der Waals surface area contributed by atoms with Crippen LogP contribution in [0, 0.1) is 5.92 Å². The number of carboxylic acids is 1. The zero-order chi connectivity index (χ0) is 14.7. The molecule has 1 saturated carbocycles. The number of benzene rings is 1. The molecule has 1 aliphatic carbocycles. The topological polar surface area (TPSA) is 58.4 Å². The predicted molar refractivity (Wildman–Crippen MR) is 79.2 cm³/mol. The molecule has 0 aliphatic heterocycles. The maximum atomic E-state index is 11.0. The molecule has 0 unspecified atom stereocenters. The Balaban J connectivity index is 1.68. The monoisotopic (exact) mass is 285 g/mol. The van der Waals surface area contributed by atoms with Crippen LogP contribution < -0.4 is 0 Å². The van der Waals surface area contributed by atoms with Gasteiger partial charge in [0.2, 0.25) is 0 Å². The van der Waals surface area contributed by atoms with Gasteiger partial charge in [-0.15, -0.1) is 0 Å². The molecule has 2 aromatic rings. The Labute approximate surface area is 123 Å². The molecule has 0 atom stereocenters. The quantitative estimate of drug-likeness (QED) is 0.847. The summed E-state index contributed by atoms with van der Waals surface area (Å²) in [6, 6.07) is 9.91. The second-order valence-corrected chi connectivity index (χ2v) is 5.64. The van der Waals surface area contributed by atoms with Crippen molar-refractivity contribution in [2.75, 3.05) is 13.1 Å². The second kappa shape index (κ2) is 6.10. The number of para-hydroxylation sites is 1. The van der Waals surface area contributed by atoms with Crippen LogP contribution in [-0.4, -0.2) is 38.8 Å². The van der Waals surface area contributed by atoms with Crippen molar-refractivity contribution in [3.8, 4) is 5.69 Å². The van der Waals surface area contributed by atoms with Gasteiger partial charge in [-0.3, -0.25) is 9.69 Å². The third-order valence-electron chi connectivity index (χ3n) is 3.64. The molecule has 21 heavy (non-hydrogen) atoms. The summed E-state index contributed by atoms with van der Waals surface area (Å²) in [5.74, 6) is -0.0976. The summed E-state index contributed by atoms with van der Waals surface area (Å²) < 4.78 is 1.82. The van der Waals surface area contributed by atoms with E-state index in [-0.39, 0.29) is 6.54 Å². The Bertz CT molecular complexity index is 605. The minimum atomic E-state index is -0.772. The number of hydrogen-bond acceptors (Lipinski definition) is 3. The Kier molecular flexibility index (Phi) is 4.01. The fourth-order valence-electron chi connectivity index (χ4n) is 2.46. The zero-order valence-electron chi connectivity index (χ0n) is 11.9. The summed E-state index contributed by atoms with van der Waals surface area (Å²) in [6.45, 7) is 1.59. The highest BCUT2D eigenvalue weighted by Gasteiger charge is 2.25. The van der Waals surface area contributed by atoms with E-state index in [0.29, 0.717) is 12.5 Å². The van der Waals surface area contributed by atoms with Crippen LogP contribution in [0.5, 0.6) is 0 Å². The van der Waals surface area contributed by atoms with E-state index in [9.17, 15) is 4.79 Å². The first-order valence-electron chi connectivity index (χ1n) is 7.24. The van der Waals surface area contributed by atoms with Gasteiger partial charge < -0.3 is 5.11 Å². The van der Waals surface area contributed by atoms with Crippen LogP contribution in [0.2, 0.25) is 0 Å². The van der Waals surface area contributed by atoms with Crippen LogP contribution in [0.1, 0.15) is 18.4 Å². The van der Waals surface area contributed by atoms with E-state index in [1.807, 2.05) is 52.3 Å². The number of aliphatic carboxylic acids is 1. The van der Waals surface area contributed by atoms with Crippen LogP contribution in [0.15, 0.2) is 42.7 Å². The van der Waals surface area contributed by atoms with Crippen molar-refractivity contribution in [3.05, 3.63) is 48.3 Å². The molecule has 0 radical (unpaired) electrons. The molecular formula is C16H19N3O2. The number of hydrogen-bond donors (Lipinski definition) is 1. The number of nitrogens with zero attached hydrogens (tertiary/aromatic N) is 3. The normalized spacial score (nSPS) is 14.5. The van der Waals surface area contributed by atoms with Crippen LogP contribution >= 0.6 is 0 Å². The van der Waals surface area contributed by atoms with Crippen molar-refractivity contribution in [2.45, 2.75) is 19.4 Å². The molecular weight excluding hydrogens is 266 g/mol. The number of carbonyl (C=O) groups is 1. The molecule has 3 rings (SSSR count). The van der Waals surface area contributed by atoms with E-state index in [4.69, 9.17) is 5.11 Å². The van der Waals surface area contributed by atoms with Crippen molar-refractivity contribution < 1.29 is 9.90 Å². The molecule has 1 fully saturated rings. The lowest BCUT2D eigenvalue weighted by atomic mass is 10.3. The van der Waals surface area contributed by atoms with Crippen molar-refractivity contribution in [3.63, 3.8) is 0 Å². The Morgan fingerprint density at radius 1 is 1.33 bits per heavy atom. The van der Waals surface area contributed by atoms with Gasteiger partial charge in [-0.2, -0.15) is 5.10 Å². The molecule has 0 spiro atoms. The first-order valence-corrected chi connectivity index (χ1v) is 7.24. The van der Waals surface area contributed by atoms with E-state index >= 15 is 0 Å². The van der Waals surface area contributed by atoms with Gasteiger partial charge in [0, 0.05) is 24.8 Å². The smallest absolute Gasteiger partial charge is 0.317 e.